The van der Waals surface area contributed by atoms with Gasteiger partial charge in [0.05, 0.1) is 17.1 Å². The van der Waals surface area contributed by atoms with E-state index in [4.69, 9.17) is 17.0 Å². The van der Waals surface area contributed by atoms with Crippen LogP contribution < -0.4 is 15.4 Å². The van der Waals surface area contributed by atoms with Crippen LogP contribution in [-0.4, -0.2) is 43.4 Å². The number of nitrogens with zero attached hydrogens (tertiary/aromatic N) is 1. The van der Waals surface area contributed by atoms with Gasteiger partial charge in [-0.2, -0.15) is 4.31 Å². The van der Waals surface area contributed by atoms with Crippen LogP contribution in [0.4, 0.5) is 5.69 Å². The second kappa shape index (κ2) is 12.3. The molecule has 0 unspecified atom stereocenters. The van der Waals surface area contributed by atoms with Crippen LogP contribution in [0.2, 0.25) is 0 Å². The van der Waals surface area contributed by atoms with Crippen molar-refractivity contribution in [2.45, 2.75) is 50.8 Å². The third-order valence-electron chi connectivity index (χ3n) is 5.63. The lowest BCUT2D eigenvalue weighted by molar-refractivity contribution is 0.0973. The lowest BCUT2D eigenvalue weighted by Crippen LogP contribution is -2.34. The molecule has 0 spiro atoms. The molecule has 34 heavy (non-hydrogen) atoms. The second-order valence-corrected chi connectivity index (χ2v) is 11.1. The molecule has 1 fully saturated rings. The lowest BCUT2D eigenvalue weighted by atomic mass is 10.1. The molecule has 0 bridgehead atoms. The Morgan fingerprint density at radius 3 is 2.32 bits per heavy atom. The zero-order chi connectivity index (χ0) is 24.6. The van der Waals surface area contributed by atoms with Crippen molar-refractivity contribution in [2.24, 2.45) is 5.92 Å². The minimum absolute atomic E-state index is 0.116. The summed E-state index contributed by atoms with van der Waals surface area (Å²) in [5.41, 5.74) is 0.982. The highest BCUT2D eigenvalue weighted by atomic mass is 32.2. The second-order valence-electron chi connectivity index (χ2n) is 8.78. The van der Waals surface area contributed by atoms with E-state index in [1.54, 1.807) is 46.8 Å². The van der Waals surface area contributed by atoms with E-state index in [0.717, 1.165) is 32.1 Å². The standard InChI is InChI=1S/C25H33N3O4S2/c1-19(2)15-18-32-23-10-6-5-9-22(23)24(29)27-25(33)26-20-11-13-21(14-12-20)34(30,31)28-16-7-3-4-8-17-28/h5-6,9-14,19H,3-4,7-8,15-18H2,1-2H3,(H2,26,27,29,33). The van der Waals surface area contributed by atoms with Crippen molar-refractivity contribution >= 4 is 38.9 Å². The summed E-state index contributed by atoms with van der Waals surface area (Å²) >= 11 is 5.29. The van der Waals surface area contributed by atoms with Gasteiger partial charge in [-0.25, -0.2) is 8.42 Å². The van der Waals surface area contributed by atoms with Gasteiger partial charge in [-0.1, -0.05) is 38.8 Å². The molecular weight excluding hydrogens is 470 g/mol. The molecular formula is C25H33N3O4S2. The zero-order valence-electron chi connectivity index (χ0n) is 19.7. The maximum absolute atomic E-state index is 12.9. The summed E-state index contributed by atoms with van der Waals surface area (Å²) in [5.74, 6) is 0.632. The fourth-order valence-corrected chi connectivity index (χ4v) is 5.39. The molecule has 184 valence electrons. The number of sulfonamides is 1. The van der Waals surface area contributed by atoms with E-state index in [9.17, 15) is 13.2 Å². The number of benzene rings is 2. The minimum atomic E-state index is -3.51. The molecule has 1 aliphatic rings. The summed E-state index contributed by atoms with van der Waals surface area (Å²) in [7, 11) is -3.51. The number of carbonyl (C=O) groups excluding carboxylic acids is 1. The van der Waals surface area contributed by atoms with Crippen LogP contribution in [0.15, 0.2) is 53.4 Å². The Balaban J connectivity index is 1.60. The number of thiocarbonyl (C=S) groups is 1. The molecule has 1 saturated heterocycles. The van der Waals surface area contributed by atoms with Crippen LogP contribution in [0.25, 0.3) is 0 Å². The molecule has 9 heteroatoms. The van der Waals surface area contributed by atoms with Crippen LogP contribution in [0.1, 0.15) is 56.3 Å². The summed E-state index contributed by atoms with van der Waals surface area (Å²) in [6.45, 7) is 5.87. The number of amides is 1. The van der Waals surface area contributed by atoms with Gasteiger partial charge in [-0.3, -0.25) is 10.1 Å². The van der Waals surface area contributed by atoms with Crippen molar-refractivity contribution in [3.63, 3.8) is 0 Å². The van der Waals surface area contributed by atoms with E-state index < -0.39 is 10.0 Å². The van der Waals surface area contributed by atoms with E-state index in [1.165, 1.54) is 0 Å². The fourth-order valence-electron chi connectivity index (χ4n) is 3.66. The monoisotopic (exact) mass is 503 g/mol. The van der Waals surface area contributed by atoms with Crippen LogP contribution in [0.3, 0.4) is 0 Å². The zero-order valence-corrected chi connectivity index (χ0v) is 21.4. The first kappa shape index (κ1) is 26.1. The van der Waals surface area contributed by atoms with Gasteiger partial charge >= 0.3 is 0 Å². The number of hydrogen-bond acceptors (Lipinski definition) is 5. The topological polar surface area (TPSA) is 87.7 Å². The molecule has 1 aliphatic heterocycles. The average molecular weight is 504 g/mol. The molecule has 2 aromatic carbocycles. The molecule has 0 saturated carbocycles. The fraction of sp³-hybridized carbons (Fsp3) is 0.440. The van der Waals surface area contributed by atoms with Crippen molar-refractivity contribution in [2.75, 3.05) is 25.0 Å². The Labute approximate surface area is 207 Å². The molecule has 3 rings (SSSR count). The van der Waals surface area contributed by atoms with Gasteiger partial charge in [-0.15, -0.1) is 0 Å². The highest BCUT2D eigenvalue weighted by Crippen LogP contribution is 2.22. The normalized spacial score (nSPS) is 14.9. The first-order valence-electron chi connectivity index (χ1n) is 11.7. The Morgan fingerprint density at radius 2 is 1.68 bits per heavy atom. The van der Waals surface area contributed by atoms with Crippen LogP contribution in [0.5, 0.6) is 5.75 Å². The Kier molecular flexibility index (Phi) is 9.44. The Hall–Kier alpha value is -2.49. The van der Waals surface area contributed by atoms with Gasteiger partial charge in [0.25, 0.3) is 5.91 Å². The van der Waals surface area contributed by atoms with Crippen molar-refractivity contribution in [3.05, 3.63) is 54.1 Å². The molecule has 0 aromatic heterocycles. The Morgan fingerprint density at radius 1 is 1.03 bits per heavy atom. The predicted octanol–water partition coefficient (Wildman–Crippen LogP) is 4.80. The number of para-hydroxylation sites is 1. The summed E-state index contributed by atoms with van der Waals surface area (Å²) in [6, 6.07) is 13.4. The highest BCUT2D eigenvalue weighted by molar-refractivity contribution is 7.89. The summed E-state index contributed by atoms with van der Waals surface area (Å²) < 4.78 is 33.2. The lowest BCUT2D eigenvalue weighted by Gasteiger charge is -2.20. The molecule has 0 radical (unpaired) electrons. The van der Waals surface area contributed by atoms with Crippen LogP contribution in [-0.2, 0) is 10.0 Å². The summed E-state index contributed by atoms with van der Waals surface area (Å²) in [5, 5.41) is 5.72. The van der Waals surface area contributed by atoms with E-state index in [-0.39, 0.29) is 15.9 Å². The maximum atomic E-state index is 12.9. The largest absolute Gasteiger partial charge is 0.493 e. The minimum Gasteiger partial charge on any atom is -0.493 e. The van der Waals surface area contributed by atoms with Crippen molar-refractivity contribution in [3.8, 4) is 5.75 Å². The van der Waals surface area contributed by atoms with Gasteiger partial charge in [0.15, 0.2) is 5.11 Å². The van der Waals surface area contributed by atoms with Crippen molar-refractivity contribution in [1.29, 1.82) is 0 Å². The number of rotatable bonds is 8. The number of ether oxygens (including phenoxy) is 1. The van der Waals surface area contributed by atoms with Gasteiger partial charge < -0.3 is 10.1 Å². The van der Waals surface area contributed by atoms with Crippen molar-refractivity contribution in [1.82, 2.24) is 9.62 Å². The maximum Gasteiger partial charge on any atom is 0.261 e. The third kappa shape index (κ3) is 7.25. The highest BCUT2D eigenvalue weighted by Gasteiger charge is 2.25. The van der Waals surface area contributed by atoms with Gasteiger partial charge in [0, 0.05) is 18.8 Å². The molecule has 1 heterocycles. The summed E-state index contributed by atoms with van der Waals surface area (Å²) in [6.07, 6.45) is 4.79. The van der Waals surface area contributed by atoms with Gasteiger partial charge in [-0.05, 0) is 73.8 Å². The third-order valence-corrected chi connectivity index (χ3v) is 7.74. The van der Waals surface area contributed by atoms with Crippen LogP contribution in [0, 0.1) is 5.92 Å². The van der Waals surface area contributed by atoms with Crippen LogP contribution >= 0.6 is 12.2 Å². The Bertz CT molecular complexity index is 1080. The molecule has 0 atom stereocenters. The smallest absolute Gasteiger partial charge is 0.261 e. The molecule has 7 nitrogen and oxygen atoms in total. The molecule has 1 amide bonds. The molecule has 2 aromatic rings. The average Bonchev–Trinajstić information content (AvgIpc) is 3.10. The summed E-state index contributed by atoms with van der Waals surface area (Å²) in [4.78, 5) is 13.0. The first-order chi connectivity index (χ1) is 16.3. The number of nitrogens with one attached hydrogen (secondary N) is 2. The molecule has 2 N–H and O–H groups in total. The number of hydrogen-bond donors (Lipinski definition) is 2. The SMILES string of the molecule is CC(C)CCOc1ccccc1C(=O)NC(=S)Nc1ccc(S(=O)(=O)N2CCCCCC2)cc1. The van der Waals surface area contributed by atoms with Gasteiger partial charge in [0.1, 0.15) is 5.75 Å². The number of carbonyl (C=O) groups is 1. The van der Waals surface area contributed by atoms with E-state index in [1.807, 2.05) is 6.07 Å². The van der Waals surface area contributed by atoms with E-state index in [0.29, 0.717) is 42.6 Å². The quantitative estimate of drug-likeness (QED) is 0.503. The van der Waals surface area contributed by atoms with Crippen molar-refractivity contribution < 1.29 is 17.9 Å². The number of anilines is 1. The van der Waals surface area contributed by atoms with E-state index in [2.05, 4.69) is 24.5 Å². The predicted molar refractivity (Wildman–Crippen MR) is 139 cm³/mol. The first-order valence-corrected chi connectivity index (χ1v) is 13.6. The van der Waals surface area contributed by atoms with Gasteiger partial charge in [0.2, 0.25) is 10.0 Å². The molecule has 0 aliphatic carbocycles. The van der Waals surface area contributed by atoms with E-state index >= 15 is 0 Å².